The van der Waals surface area contributed by atoms with Crippen LogP contribution in [0.25, 0.3) is 0 Å². The Balaban J connectivity index is 3.13. The summed E-state index contributed by atoms with van der Waals surface area (Å²) in [5.41, 5.74) is 2.27. The number of benzene rings is 1. The van der Waals surface area contributed by atoms with E-state index in [1.807, 2.05) is 13.1 Å². The number of aryl methyl sites for hydroxylation is 1. The second-order valence-electron chi connectivity index (χ2n) is 5.20. The second-order valence-corrected chi connectivity index (χ2v) is 5.20. The SMILES string of the molecule is CCc1ccc(OC)c(N(C)C(C)(C)CCO)c1. The van der Waals surface area contributed by atoms with Crippen LogP contribution in [-0.2, 0) is 6.42 Å². The fourth-order valence-electron chi connectivity index (χ4n) is 1.98. The highest BCUT2D eigenvalue weighted by atomic mass is 16.5. The number of aliphatic hydroxyl groups is 1. The van der Waals surface area contributed by atoms with Gasteiger partial charge in [-0.3, -0.25) is 0 Å². The van der Waals surface area contributed by atoms with Gasteiger partial charge in [-0.25, -0.2) is 0 Å². The third-order valence-corrected chi connectivity index (χ3v) is 3.64. The van der Waals surface area contributed by atoms with E-state index >= 15 is 0 Å². The molecule has 1 aromatic rings. The van der Waals surface area contributed by atoms with Gasteiger partial charge in [0.25, 0.3) is 0 Å². The highest BCUT2D eigenvalue weighted by molar-refractivity contribution is 5.61. The van der Waals surface area contributed by atoms with E-state index < -0.39 is 0 Å². The van der Waals surface area contributed by atoms with E-state index in [1.54, 1.807) is 7.11 Å². The maximum absolute atomic E-state index is 9.17. The lowest BCUT2D eigenvalue weighted by molar-refractivity contribution is 0.250. The number of methoxy groups -OCH3 is 1. The molecule has 0 saturated heterocycles. The molecular weight excluding hydrogens is 226 g/mol. The normalized spacial score (nSPS) is 11.4. The molecule has 3 nitrogen and oxygen atoms in total. The number of nitrogens with zero attached hydrogens (tertiary/aromatic N) is 1. The smallest absolute Gasteiger partial charge is 0.142 e. The van der Waals surface area contributed by atoms with Crippen LogP contribution in [0.1, 0.15) is 32.8 Å². The lowest BCUT2D eigenvalue weighted by Gasteiger charge is -2.38. The van der Waals surface area contributed by atoms with Crippen molar-refractivity contribution in [1.29, 1.82) is 0 Å². The fraction of sp³-hybridized carbons (Fsp3) is 0.600. The lowest BCUT2D eigenvalue weighted by Crippen LogP contribution is -2.42. The van der Waals surface area contributed by atoms with Crippen LogP contribution in [0, 0.1) is 0 Å². The van der Waals surface area contributed by atoms with E-state index in [0.717, 1.165) is 24.3 Å². The van der Waals surface area contributed by atoms with Crippen molar-refractivity contribution >= 4 is 5.69 Å². The number of hydrogen-bond acceptors (Lipinski definition) is 3. The molecule has 0 fully saturated rings. The van der Waals surface area contributed by atoms with Gasteiger partial charge in [0.1, 0.15) is 5.75 Å². The largest absolute Gasteiger partial charge is 0.495 e. The monoisotopic (exact) mass is 251 g/mol. The van der Waals surface area contributed by atoms with E-state index in [4.69, 9.17) is 9.84 Å². The van der Waals surface area contributed by atoms with Crippen LogP contribution in [-0.4, -0.2) is 31.4 Å². The predicted molar refractivity (Wildman–Crippen MR) is 76.6 cm³/mol. The summed E-state index contributed by atoms with van der Waals surface area (Å²) in [4.78, 5) is 2.18. The van der Waals surface area contributed by atoms with Crippen LogP contribution in [0.15, 0.2) is 18.2 Å². The van der Waals surface area contributed by atoms with E-state index in [1.165, 1.54) is 5.56 Å². The molecule has 0 saturated carbocycles. The summed E-state index contributed by atoms with van der Waals surface area (Å²) in [6.45, 7) is 6.58. The van der Waals surface area contributed by atoms with Crippen molar-refractivity contribution in [1.82, 2.24) is 0 Å². The average molecular weight is 251 g/mol. The van der Waals surface area contributed by atoms with Gasteiger partial charge in [-0.1, -0.05) is 13.0 Å². The maximum Gasteiger partial charge on any atom is 0.142 e. The zero-order chi connectivity index (χ0) is 13.8. The van der Waals surface area contributed by atoms with Crippen molar-refractivity contribution in [3.63, 3.8) is 0 Å². The molecule has 102 valence electrons. The molecular formula is C15H25NO2. The summed E-state index contributed by atoms with van der Waals surface area (Å²) < 4.78 is 5.44. The third kappa shape index (κ3) is 3.16. The van der Waals surface area contributed by atoms with Gasteiger partial charge in [0, 0.05) is 19.2 Å². The third-order valence-electron chi connectivity index (χ3n) is 3.64. The molecule has 0 spiro atoms. The molecule has 0 unspecified atom stereocenters. The first kappa shape index (κ1) is 14.8. The average Bonchev–Trinajstić information content (AvgIpc) is 2.37. The molecule has 3 heteroatoms. The Kier molecular flexibility index (Phi) is 5.03. The molecule has 1 rings (SSSR count). The number of anilines is 1. The van der Waals surface area contributed by atoms with Gasteiger partial charge < -0.3 is 14.7 Å². The highest BCUT2D eigenvalue weighted by Crippen LogP contribution is 2.34. The lowest BCUT2D eigenvalue weighted by atomic mass is 9.97. The zero-order valence-electron chi connectivity index (χ0n) is 12.2. The summed E-state index contributed by atoms with van der Waals surface area (Å²) in [5.74, 6) is 0.876. The topological polar surface area (TPSA) is 32.7 Å². The summed E-state index contributed by atoms with van der Waals surface area (Å²) in [5, 5.41) is 9.17. The second kappa shape index (κ2) is 6.10. The van der Waals surface area contributed by atoms with Crippen LogP contribution in [0.2, 0.25) is 0 Å². The van der Waals surface area contributed by atoms with Crippen molar-refractivity contribution in [3.8, 4) is 5.75 Å². The molecule has 0 radical (unpaired) electrons. The van der Waals surface area contributed by atoms with Crippen molar-refractivity contribution in [2.24, 2.45) is 0 Å². The molecule has 0 bridgehead atoms. The molecule has 0 atom stereocenters. The number of rotatable bonds is 6. The van der Waals surface area contributed by atoms with Gasteiger partial charge in [0.2, 0.25) is 0 Å². The zero-order valence-corrected chi connectivity index (χ0v) is 12.2. The Labute approximate surface area is 110 Å². The van der Waals surface area contributed by atoms with E-state index in [0.29, 0.717) is 0 Å². The van der Waals surface area contributed by atoms with Gasteiger partial charge >= 0.3 is 0 Å². The van der Waals surface area contributed by atoms with Crippen LogP contribution in [0.5, 0.6) is 5.75 Å². The molecule has 18 heavy (non-hydrogen) atoms. The van der Waals surface area contributed by atoms with Gasteiger partial charge in [-0.05, 0) is 44.4 Å². The molecule has 0 aliphatic carbocycles. The van der Waals surface area contributed by atoms with Crippen molar-refractivity contribution < 1.29 is 9.84 Å². The Morgan fingerprint density at radius 3 is 2.50 bits per heavy atom. The van der Waals surface area contributed by atoms with E-state index in [2.05, 4.69) is 37.8 Å². The maximum atomic E-state index is 9.17. The molecule has 0 aliphatic rings. The predicted octanol–water partition coefficient (Wildman–Crippen LogP) is 2.85. The number of aliphatic hydroxyl groups excluding tert-OH is 1. The summed E-state index contributed by atoms with van der Waals surface area (Å²) in [7, 11) is 3.74. The van der Waals surface area contributed by atoms with Gasteiger partial charge in [-0.2, -0.15) is 0 Å². The van der Waals surface area contributed by atoms with Crippen LogP contribution in [0.3, 0.4) is 0 Å². The summed E-state index contributed by atoms with van der Waals surface area (Å²) >= 11 is 0. The molecule has 0 aromatic heterocycles. The van der Waals surface area contributed by atoms with Crippen molar-refractivity contribution in [2.75, 3.05) is 25.7 Å². The quantitative estimate of drug-likeness (QED) is 0.844. The van der Waals surface area contributed by atoms with Crippen LogP contribution < -0.4 is 9.64 Å². The van der Waals surface area contributed by atoms with Crippen LogP contribution in [0.4, 0.5) is 5.69 Å². The Morgan fingerprint density at radius 2 is 2.00 bits per heavy atom. The minimum Gasteiger partial charge on any atom is -0.495 e. The molecule has 0 heterocycles. The Morgan fingerprint density at radius 1 is 1.33 bits per heavy atom. The standard InChI is InChI=1S/C15H25NO2/c1-6-12-7-8-14(18-5)13(11-12)16(4)15(2,3)9-10-17/h7-8,11,17H,6,9-10H2,1-5H3. The van der Waals surface area contributed by atoms with Gasteiger partial charge in [0.15, 0.2) is 0 Å². The Bertz CT molecular complexity index is 388. The molecule has 1 aromatic carbocycles. The van der Waals surface area contributed by atoms with Crippen molar-refractivity contribution in [3.05, 3.63) is 23.8 Å². The van der Waals surface area contributed by atoms with Gasteiger partial charge in [0.05, 0.1) is 12.8 Å². The summed E-state index contributed by atoms with van der Waals surface area (Å²) in [6.07, 6.45) is 1.73. The van der Waals surface area contributed by atoms with Crippen LogP contribution >= 0.6 is 0 Å². The minimum atomic E-state index is -0.103. The fourth-order valence-corrected chi connectivity index (χ4v) is 1.98. The molecule has 0 aliphatic heterocycles. The first-order chi connectivity index (χ1) is 8.46. The first-order valence-electron chi connectivity index (χ1n) is 6.48. The number of hydrogen-bond donors (Lipinski definition) is 1. The Hall–Kier alpha value is -1.22. The highest BCUT2D eigenvalue weighted by Gasteiger charge is 2.25. The molecule has 1 N–H and O–H groups in total. The van der Waals surface area contributed by atoms with Gasteiger partial charge in [-0.15, -0.1) is 0 Å². The van der Waals surface area contributed by atoms with E-state index in [9.17, 15) is 0 Å². The summed E-state index contributed by atoms with van der Waals surface area (Å²) in [6, 6.07) is 6.27. The first-order valence-corrected chi connectivity index (χ1v) is 6.48. The van der Waals surface area contributed by atoms with E-state index in [-0.39, 0.29) is 12.1 Å². The number of ether oxygens (including phenoxy) is 1. The minimum absolute atomic E-state index is 0.103. The molecule has 0 amide bonds. The van der Waals surface area contributed by atoms with Crippen molar-refractivity contribution in [2.45, 2.75) is 39.2 Å².